The molecule has 0 aliphatic heterocycles. The number of carbonyl (C=O) groups excluding carboxylic acids is 2. The summed E-state index contributed by atoms with van der Waals surface area (Å²) < 4.78 is 4.43. The van der Waals surface area contributed by atoms with E-state index in [0.29, 0.717) is 5.69 Å². The Hall–Kier alpha value is -2.64. The van der Waals surface area contributed by atoms with E-state index in [1.165, 1.54) is 13.3 Å². The normalized spacial score (nSPS) is 11.3. The number of nitrogens with one attached hydrogen (secondary N) is 2. The number of anilines is 1. The van der Waals surface area contributed by atoms with Gasteiger partial charge in [0, 0.05) is 12.6 Å². The van der Waals surface area contributed by atoms with Crippen LogP contribution in [0.25, 0.3) is 0 Å². The zero-order valence-electron chi connectivity index (χ0n) is 11.8. The van der Waals surface area contributed by atoms with Crippen molar-refractivity contribution in [3.8, 4) is 0 Å². The van der Waals surface area contributed by atoms with Crippen molar-refractivity contribution in [3.05, 3.63) is 24.0 Å². The van der Waals surface area contributed by atoms with E-state index < -0.39 is 24.0 Å². The predicted octanol–water partition coefficient (Wildman–Crippen LogP) is 0.918. The number of methoxy groups -OCH3 is 1. The van der Waals surface area contributed by atoms with E-state index in [1.807, 2.05) is 0 Å². The number of aromatic nitrogens is 1. The SMILES string of the molecule is COC(=O)CC[C@H](NC(=O)Nc1cnccc1C)C(=O)O. The Balaban J connectivity index is 2.58. The highest BCUT2D eigenvalue weighted by Crippen LogP contribution is 2.11. The smallest absolute Gasteiger partial charge is 0.326 e. The van der Waals surface area contributed by atoms with E-state index in [2.05, 4.69) is 20.4 Å². The first-order valence-electron chi connectivity index (χ1n) is 6.21. The summed E-state index contributed by atoms with van der Waals surface area (Å²) in [7, 11) is 1.21. The molecule has 0 aliphatic rings. The molecule has 0 unspecified atom stereocenters. The van der Waals surface area contributed by atoms with Crippen LogP contribution in [-0.2, 0) is 14.3 Å². The van der Waals surface area contributed by atoms with E-state index in [4.69, 9.17) is 5.11 Å². The van der Waals surface area contributed by atoms with Crippen LogP contribution in [-0.4, -0.2) is 41.2 Å². The lowest BCUT2D eigenvalue weighted by molar-refractivity contribution is -0.142. The highest BCUT2D eigenvalue weighted by molar-refractivity contribution is 5.92. The van der Waals surface area contributed by atoms with E-state index in [0.717, 1.165) is 5.56 Å². The number of urea groups is 1. The summed E-state index contributed by atoms with van der Waals surface area (Å²) in [6, 6.07) is -0.147. The first-order valence-corrected chi connectivity index (χ1v) is 6.21. The highest BCUT2D eigenvalue weighted by Gasteiger charge is 2.21. The van der Waals surface area contributed by atoms with Gasteiger partial charge in [0.2, 0.25) is 0 Å². The van der Waals surface area contributed by atoms with Gasteiger partial charge in [0.1, 0.15) is 6.04 Å². The number of aliphatic carboxylic acids is 1. The van der Waals surface area contributed by atoms with Gasteiger partial charge in [-0.3, -0.25) is 9.78 Å². The fraction of sp³-hybridized carbons (Fsp3) is 0.385. The van der Waals surface area contributed by atoms with Gasteiger partial charge in [-0.2, -0.15) is 0 Å². The van der Waals surface area contributed by atoms with Crippen molar-refractivity contribution in [3.63, 3.8) is 0 Å². The van der Waals surface area contributed by atoms with Gasteiger partial charge in [0.15, 0.2) is 0 Å². The van der Waals surface area contributed by atoms with Crippen molar-refractivity contribution in [2.45, 2.75) is 25.8 Å². The third-order valence-corrected chi connectivity index (χ3v) is 2.76. The summed E-state index contributed by atoms with van der Waals surface area (Å²) in [6.45, 7) is 1.78. The lowest BCUT2D eigenvalue weighted by Crippen LogP contribution is -2.43. The molecule has 0 saturated heterocycles. The van der Waals surface area contributed by atoms with E-state index in [-0.39, 0.29) is 12.8 Å². The van der Waals surface area contributed by atoms with Gasteiger partial charge in [-0.05, 0) is 25.0 Å². The number of carbonyl (C=O) groups is 3. The van der Waals surface area contributed by atoms with E-state index in [9.17, 15) is 14.4 Å². The molecule has 0 aromatic carbocycles. The van der Waals surface area contributed by atoms with Crippen molar-refractivity contribution in [1.82, 2.24) is 10.3 Å². The predicted molar refractivity (Wildman–Crippen MR) is 73.8 cm³/mol. The first-order chi connectivity index (χ1) is 9.93. The number of hydrogen-bond donors (Lipinski definition) is 3. The van der Waals surface area contributed by atoms with Crippen LogP contribution in [0.5, 0.6) is 0 Å². The molecule has 1 rings (SSSR count). The Labute approximate surface area is 121 Å². The molecular formula is C13H17N3O5. The molecule has 1 heterocycles. The molecule has 114 valence electrons. The molecule has 0 saturated carbocycles. The number of aryl methyl sites for hydroxylation is 1. The van der Waals surface area contributed by atoms with Gasteiger partial charge in [0.05, 0.1) is 19.0 Å². The molecule has 0 spiro atoms. The van der Waals surface area contributed by atoms with Crippen molar-refractivity contribution in [2.24, 2.45) is 0 Å². The fourth-order valence-corrected chi connectivity index (χ4v) is 1.53. The zero-order valence-corrected chi connectivity index (χ0v) is 11.8. The lowest BCUT2D eigenvalue weighted by atomic mass is 10.1. The number of hydrogen-bond acceptors (Lipinski definition) is 5. The van der Waals surface area contributed by atoms with E-state index in [1.54, 1.807) is 19.2 Å². The molecule has 1 aromatic rings. The molecule has 0 radical (unpaired) electrons. The topological polar surface area (TPSA) is 118 Å². The maximum Gasteiger partial charge on any atom is 0.326 e. The number of amides is 2. The lowest BCUT2D eigenvalue weighted by Gasteiger charge is -2.15. The first kappa shape index (κ1) is 16.4. The third-order valence-electron chi connectivity index (χ3n) is 2.76. The van der Waals surface area contributed by atoms with Crippen molar-refractivity contribution >= 4 is 23.7 Å². The average molecular weight is 295 g/mol. The van der Waals surface area contributed by atoms with Crippen LogP contribution >= 0.6 is 0 Å². The Morgan fingerprint density at radius 3 is 2.71 bits per heavy atom. The van der Waals surface area contributed by atoms with Gasteiger partial charge >= 0.3 is 18.0 Å². The number of ether oxygens (including phenoxy) is 1. The molecule has 1 atom stereocenters. The minimum Gasteiger partial charge on any atom is -0.480 e. The third kappa shape index (κ3) is 5.47. The second-order valence-corrected chi connectivity index (χ2v) is 4.29. The summed E-state index contributed by atoms with van der Waals surface area (Å²) in [5.41, 5.74) is 1.27. The second-order valence-electron chi connectivity index (χ2n) is 4.29. The van der Waals surface area contributed by atoms with Crippen LogP contribution in [0.3, 0.4) is 0 Å². The summed E-state index contributed by atoms with van der Waals surface area (Å²) in [5.74, 6) is -1.76. The molecule has 21 heavy (non-hydrogen) atoms. The van der Waals surface area contributed by atoms with Crippen molar-refractivity contribution in [1.29, 1.82) is 0 Å². The summed E-state index contributed by atoms with van der Waals surface area (Å²) in [6.07, 6.45) is 2.88. The van der Waals surface area contributed by atoms with Crippen LogP contribution < -0.4 is 10.6 Å². The van der Waals surface area contributed by atoms with Crippen LogP contribution in [0.2, 0.25) is 0 Å². The number of rotatable bonds is 6. The standard InChI is InChI=1S/C13H17N3O5/c1-8-5-6-14-7-10(8)16-13(20)15-9(12(18)19)3-4-11(17)21-2/h5-7,9H,3-4H2,1-2H3,(H,18,19)(H2,15,16,20)/t9-/m0/s1. The maximum absolute atomic E-state index is 11.8. The van der Waals surface area contributed by atoms with Crippen molar-refractivity contribution in [2.75, 3.05) is 12.4 Å². The van der Waals surface area contributed by atoms with Gasteiger partial charge in [-0.1, -0.05) is 0 Å². The maximum atomic E-state index is 11.8. The van der Waals surface area contributed by atoms with Crippen molar-refractivity contribution < 1.29 is 24.2 Å². The summed E-state index contributed by atoms with van der Waals surface area (Å²) >= 11 is 0. The van der Waals surface area contributed by atoms with Gasteiger partial charge in [-0.15, -0.1) is 0 Å². The molecule has 8 nitrogen and oxygen atoms in total. The summed E-state index contributed by atoms with van der Waals surface area (Å²) in [4.78, 5) is 37.7. The molecule has 2 amide bonds. The molecular weight excluding hydrogens is 278 g/mol. The van der Waals surface area contributed by atoms with E-state index >= 15 is 0 Å². The van der Waals surface area contributed by atoms with Crippen LogP contribution in [0.1, 0.15) is 18.4 Å². The van der Waals surface area contributed by atoms with Crippen LogP contribution in [0.15, 0.2) is 18.5 Å². The molecule has 0 fully saturated rings. The quantitative estimate of drug-likeness (QED) is 0.672. The molecule has 8 heteroatoms. The average Bonchev–Trinajstić information content (AvgIpc) is 2.45. The van der Waals surface area contributed by atoms with Gasteiger partial charge in [-0.25, -0.2) is 9.59 Å². The van der Waals surface area contributed by atoms with Crippen LogP contribution in [0.4, 0.5) is 10.5 Å². The number of esters is 1. The number of pyridine rings is 1. The Morgan fingerprint density at radius 2 is 2.14 bits per heavy atom. The van der Waals surface area contributed by atoms with Crippen LogP contribution in [0, 0.1) is 6.92 Å². The molecule has 3 N–H and O–H groups in total. The Morgan fingerprint density at radius 1 is 1.43 bits per heavy atom. The highest BCUT2D eigenvalue weighted by atomic mass is 16.5. The minimum absolute atomic E-state index is 0.0541. The monoisotopic (exact) mass is 295 g/mol. The minimum atomic E-state index is -1.23. The Bertz CT molecular complexity index is 532. The van der Waals surface area contributed by atoms with Gasteiger partial charge in [0.25, 0.3) is 0 Å². The number of carboxylic acid groups (broad SMARTS) is 1. The van der Waals surface area contributed by atoms with Gasteiger partial charge < -0.3 is 20.5 Å². The molecule has 0 aliphatic carbocycles. The Kier molecular flexibility index (Phi) is 6.12. The second kappa shape index (κ2) is 7.83. The molecule has 0 bridgehead atoms. The zero-order chi connectivity index (χ0) is 15.8. The fourth-order valence-electron chi connectivity index (χ4n) is 1.53. The largest absolute Gasteiger partial charge is 0.480 e. The number of nitrogens with zero attached hydrogens (tertiary/aromatic N) is 1. The summed E-state index contributed by atoms with van der Waals surface area (Å²) in [5, 5.41) is 13.8. The number of carboxylic acids is 1. The molecule has 1 aromatic heterocycles.